The Kier molecular flexibility index (Phi) is 17.4. The molecule has 0 saturated carbocycles. The molecule has 23 heavy (non-hydrogen) atoms. The number of hydrogen-bond donors (Lipinski definition) is 0. The van der Waals surface area contributed by atoms with Crippen molar-refractivity contribution in [3.63, 3.8) is 0 Å². The van der Waals surface area contributed by atoms with E-state index in [0.717, 1.165) is 12.8 Å². The highest BCUT2D eigenvalue weighted by Gasteiger charge is 2.04. The molecule has 0 N–H and O–H groups in total. The van der Waals surface area contributed by atoms with Crippen LogP contribution in [0.15, 0.2) is 0 Å². The minimum atomic E-state index is -0.473. The second kappa shape index (κ2) is 17.8. The SMILES string of the molecule is [CH2]C([CH2])OC(=O)CCCCCCCCCCCCCCCCC. The Hall–Kier alpha value is -0.530. The normalized spacial score (nSPS) is 11.1. The average Bonchev–Trinajstić information content (AvgIpc) is 2.50. The molecule has 2 radical (unpaired) electrons. The van der Waals surface area contributed by atoms with Gasteiger partial charge in [-0.25, -0.2) is 0 Å². The number of rotatable bonds is 17. The van der Waals surface area contributed by atoms with E-state index in [-0.39, 0.29) is 5.97 Å². The van der Waals surface area contributed by atoms with Crippen molar-refractivity contribution in [1.29, 1.82) is 0 Å². The van der Waals surface area contributed by atoms with Crippen LogP contribution in [-0.4, -0.2) is 12.1 Å². The summed E-state index contributed by atoms with van der Waals surface area (Å²) in [5, 5.41) is 0. The van der Waals surface area contributed by atoms with Gasteiger partial charge in [0.2, 0.25) is 0 Å². The van der Waals surface area contributed by atoms with Crippen molar-refractivity contribution in [3.05, 3.63) is 13.8 Å². The van der Waals surface area contributed by atoms with Crippen LogP contribution in [0, 0.1) is 13.8 Å². The van der Waals surface area contributed by atoms with Gasteiger partial charge in [0.05, 0.1) is 0 Å². The highest BCUT2D eigenvalue weighted by molar-refractivity contribution is 5.69. The smallest absolute Gasteiger partial charge is 0.306 e. The number of hydrogen-bond acceptors (Lipinski definition) is 2. The molecule has 0 aromatic rings. The quantitative estimate of drug-likeness (QED) is 0.216. The zero-order valence-corrected chi connectivity index (χ0v) is 15.6. The molecule has 0 aliphatic rings. The van der Waals surface area contributed by atoms with Crippen molar-refractivity contribution in [2.75, 3.05) is 0 Å². The summed E-state index contributed by atoms with van der Waals surface area (Å²) in [7, 11) is 0. The molecule has 0 amide bonds. The first-order chi connectivity index (χ1) is 11.2. The highest BCUT2D eigenvalue weighted by Crippen LogP contribution is 2.13. The third kappa shape index (κ3) is 19.4. The fourth-order valence-corrected chi connectivity index (χ4v) is 2.89. The minimum Gasteiger partial charge on any atom is -0.462 e. The highest BCUT2D eigenvalue weighted by atomic mass is 16.5. The summed E-state index contributed by atoms with van der Waals surface area (Å²) in [5.41, 5.74) is 0. The fourth-order valence-electron chi connectivity index (χ4n) is 2.89. The Morgan fingerprint density at radius 1 is 0.696 bits per heavy atom. The van der Waals surface area contributed by atoms with E-state index in [1.165, 1.54) is 83.5 Å². The molecule has 0 fully saturated rings. The molecule has 0 heterocycles. The van der Waals surface area contributed by atoms with Crippen molar-refractivity contribution in [2.24, 2.45) is 0 Å². The van der Waals surface area contributed by atoms with Crippen LogP contribution in [0.3, 0.4) is 0 Å². The van der Waals surface area contributed by atoms with Crippen molar-refractivity contribution in [1.82, 2.24) is 0 Å². The van der Waals surface area contributed by atoms with Crippen LogP contribution >= 0.6 is 0 Å². The lowest BCUT2D eigenvalue weighted by Gasteiger charge is -2.07. The molecule has 0 rings (SSSR count). The molecule has 2 nitrogen and oxygen atoms in total. The summed E-state index contributed by atoms with van der Waals surface area (Å²) < 4.78 is 4.91. The molecule has 0 aromatic carbocycles. The second-order valence-corrected chi connectivity index (χ2v) is 6.81. The number of ether oxygens (including phenoxy) is 1. The monoisotopic (exact) mass is 324 g/mol. The first-order valence-electron chi connectivity index (χ1n) is 10.0. The fraction of sp³-hybridized carbons (Fsp3) is 0.857. The lowest BCUT2D eigenvalue weighted by molar-refractivity contribution is -0.145. The number of esters is 1. The Balaban J connectivity index is 3.06. The van der Waals surface area contributed by atoms with Gasteiger partial charge in [-0.05, 0) is 20.3 Å². The van der Waals surface area contributed by atoms with Crippen molar-refractivity contribution >= 4 is 5.97 Å². The molecular formula is C21H40O2. The summed E-state index contributed by atoms with van der Waals surface area (Å²) in [6, 6.07) is 0. The summed E-state index contributed by atoms with van der Waals surface area (Å²) in [6.07, 6.45) is 20.1. The third-order valence-corrected chi connectivity index (χ3v) is 4.28. The molecular weight excluding hydrogens is 284 g/mol. The van der Waals surface area contributed by atoms with Crippen molar-refractivity contribution < 1.29 is 9.53 Å². The van der Waals surface area contributed by atoms with Crippen molar-refractivity contribution in [3.8, 4) is 0 Å². The number of unbranched alkanes of at least 4 members (excludes halogenated alkanes) is 14. The van der Waals surface area contributed by atoms with Crippen LogP contribution in [-0.2, 0) is 9.53 Å². The predicted octanol–water partition coefficient (Wildman–Crippen LogP) is 6.83. The van der Waals surface area contributed by atoms with Crippen LogP contribution in [0.5, 0.6) is 0 Å². The van der Waals surface area contributed by atoms with Crippen LogP contribution in [0.2, 0.25) is 0 Å². The molecule has 0 aromatic heterocycles. The molecule has 2 heteroatoms. The Morgan fingerprint density at radius 2 is 1.04 bits per heavy atom. The van der Waals surface area contributed by atoms with Crippen molar-refractivity contribution in [2.45, 2.75) is 116 Å². The zero-order chi connectivity index (χ0) is 17.2. The van der Waals surface area contributed by atoms with Crippen LogP contribution < -0.4 is 0 Å². The van der Waals surface area contributed by atoms with E-state index in [1.54, 1.807) is 0 Å². The third-order valence-electron chi connectivity index (χ3n) is 4.28. The van der Waals surface area contributed by atoms with Gasteiger partial charge in [0.15, 0.2) is 0 Å². The molecule has 0 aliphatic carbocycles. The van der Waals surface area contributed by atoms with Gasteiger partial charge in [-0.3, -0.25) is 4.79 Å². The largest absolute Gasteiger partial charge is 0.462 e. The van der Waals surface area contributed by atoms with E-state index in [2.05, 4.69) is 20.8 Å². The van der Waals surface area contributed by atoms with Gasteiger partial charge in [0.1, 0.15) is 6.10 Å². The summed E-state index contributed by atoms with van der Waals surface area (Å²) in [4.78, 5) is 11.3. The summed E-state index contributed by atoms with van der Waals surface area (Å²) in [5.74, 6) is -0.158. The lowest BCUT2D eigenvalue weighted by Crippen LogP contribution is -2.11. The standard InChI is InChI=1S/C21H40O2/c1-4-5-6-7-8-9-10-11-12-13-14-15-16-17-18-19-21(22)23-20(2)3/h20H,2-19H2,1H3. The van der Waals surface area contributed by atoms with E-state index in [1.807, 2.05) is 0 Å². The first kappa shape index (κ1) is 22.5. The lowest BCUT2D eigenvalue weighted by atomic mass is 10.0. The maximum absolute atomic E-state index is 11.3. The molecule has 136 valence electrons. The molecule has 0 bridgehead atoms. The van der Waals surface area contributed by atoms with Gasteiger partial charge in [0, 0.05) is 6.42 Å². The van der Waals surface area contributed by atoms with E-state index in [4.69, 9.17) is 4.74 Å². The molecule has 0 atom stereocenters. The number of carbonyl (C=O) groups excluding carboxylic acids is 1. The van der Waals surface area contributed by atoms with E-state index in [9.17, 15) is 4.79 Å². The van der Waals surface area contributed by atoms with Gasteiger partial charge in [-0.1, -0.05) is 96.8 Å². The molecule has 0 unspecified atom stereocenters. The molecule has 0 aliphatic heterocycles. The Labute approximate surface area is 145 Å². The molecule has 0 saturated heterocycles. The Bertz CT molecular complexity index is 248. The first-order valence-corrected chi connectivity index (χ1v) is 10.0. The van der Waals surface area contributed by atoms with Gasteiger partial charge >= 0.3 is 5.97 Å². The van der Waals surface area contributed by atoms with Crippen LogP contribution in [0.4, 0.5) is 0 Å². The zero-order valence-electron chi connectivity index (χ0n) is 15.6. The maximum Gasteiger partial charge on any atom is 0.306 e. The summed E-state index contributed by atoms with van der Waals surface area (Å²) in [6.45, 7) is 9.37. The maximum atomic E-state index is 11.3. The topological polar surface area (TPSA) is 26.3 Å². The van der Waals surface area contributed by atoms with Gasteiger partial charge in [0.25, 0.3) is 0 Å². The van der Waals surface area contributed by atoms with E-state index < -0.39 is 6.10 Å². The van der Waals surface area contributed by atoms with E-state index >= 15 is 0 Å². The van der Waals surface area contributed by atoms with Crippen LogP contribution in [0.25, 0.3) is 0 Å². The van der Waals surface area contributed by atoms with Gasteiger partial charge in [-0.2, -0.15) is 0 Å². The van der Waals surface area contributed by atoms with Gasteiger partial charge in [-0.15, -0.1) is 0 Å². The van der Waals surface area contributed by atoms with Crippen LogP contribution in [0.1, 0.15) is 110 Å². The summed E-state index contributed by atoms with van der Waals surface area (Å²) >= 11 is 0. The predicted molar refractivity (Wildman–Crippen MR) is 100 cm³/mol. The average molecular weight is 325 g/mol. The Morgan fingerprint density at radius 3 is 1.39 bits per heavy atom. The minimum absolute atomic E-state index is 0.158. The number of carbonyl (C=O) groups is 1. The molecule has 0 spiro atoms. The van der Waals surface area contributed by atoms with Gasteiger partial charge < -0.3 is 4.74 Å². The van der Waals surface area contributed by atoms with E-state index in [0.29, 0.717) is 6.42 Å². The second-order valence-electron chi connectivity index (χ2n) is 6.81.